The van der Waals surface area contributed by atoms with Crippen LogP contribution in [0.15, 0.2) is 54.9 Å². The fourth-order valence-electron chi connectivity index (χ4n) is 2.31. The van der Waals surface area contributed by atoms with Crippen LogP contribution in [0.5, 0.6) is 0 Å². The van der Waals surface area contributed by atoms with Crippen molar-refractivity contribution in [3.8, 4) is 0 Å². The third kappa shape index (κ3) is 2.32. The van der Waals surface area contributed by atoms with Gasteiger partial charge in [-0.1, -0.05) is 12.1 Å². The summed E-state index contributed by atoms with van der Waals surface area (Å²) in [5, 5.41) is 4.75. The van der Waals surface area contributed by atoms with Crippen LogP contribution in [0.25, 0.3) is 10.9 Å². The molecule has 3 rings (SSSR count). The molecule has 2 aromatic heterocycles. The van der Waals surface area contributed by atoms with E-state index in [1.54, 1.807) is 0 Å². The highest BCUT2D eigenvalue weighted by atomic mass is 15.0. The SMILES string of the molecule is C[C@H](Nc1ccc2ccn(C)c2c1)c1ccccn1. The number of pyridine rings is 1. The zero-order valence-electron chi connectivity index (χ0n) is 11.2. The smallest absolute Gasteiger partial charge is 0.0657 e. The molecular formula is C16H17N3. The van der Waals surface area contributed by atoms with Crippen molar-refractivity contribution in [2.75, 3.05) is 5.32 Å². The molecule has 1 atom stereocenters. The molecule has 96 valence electrons. The van der Waals surface area contributed by atoms with Gasteiger partial charge in [0, 0.05) is 30.6 Å². The molecule has 0 aliphatic carbocycles. The fraction of sp³-hybridized carbons (Fsp3) is 0.188. The van der Waals surface area contributed by atoms with Crippen LogP contribution >= 0.6 is 0 Å². The number of aromatic nitrogens is 2. The normalized spacial score (nSPS) is 12.5. The van der Waals surface area contributed by atoms with Crippen LogP contribution in [-0.2, 0) is 7.05 Å². The lowest BCUT2D eigenvalue weighted by molar-refractivity contribution is 0.839. The molecule has 0 saturated carbocycles. The maximum atomic E-state index is 4.38. The molecule has 3 aromatic rings. The highest BCUT2D eigenvalue weighted by molar-refractivity contribution is 5.83. The third-order valence-corrected chi connectivity index (χ3v) is 3.40. The van der Waals surface area contributed by atoms with E-state index in [9.17, 15) is 0 Å². The first-order chi connectivity index (χ1) is 9.24. The summed E-state index contributed by atoms with van der Waals surface area (Å²) in [4.78, 5) is 4.38. The Morgan fingerprint density at radius 2 is 2.05 bits per heavy atom. The monoisotopic (exact) mass is 251 g/mol. The van der Waals surface area contributed by atoms with E-state index in [1.807, 2.05) is 24.4 Å². The Balaban J connectivity index is 1.87. The van der Waals surface area contributed by atoms with Crippen molar-refractivity contribution in [3.63, 3.8) is 0 Å². The topological polar surface area (TPSA) is 29.9 Å². The van der Waals surface area contributed by atoms with Crippen molar-refractivity contribution in [3.05, 3.63) is 60.6 Å². The van der Waals surface area contributed by atoms with Crippen LogP contribution < -0.4 is 5.32 Å². The lowest BCUT2D eigenvalue weighted by Crippen LogP contribution is -2.08. The zero-order valence-corrected chi connectivity index (χ0v) is 11.2. The molecule has 19 heavy (non-hydrogen) atoms. The molecule has 0 bridgehead atoms. The molecule has 0 amide bonds. The van der Waals surface area contributed by atoms with Gasteiger partial charge in [0.05, 0.1) is 11.7 Å². The molecule has 0 aliphatic heterocycles. The molecule has 3 nitrogen and oxygen atoms in total. The first kappa shape index (κ1) is 11.8. The summed E-state index contributed by atoms with van der Waals surface area (Å²) in [6, 6.07) is 14.7. The number of aryl methyl sites for hydroxylation is 1. The molecule has 0 unspecified atom stereocenters. The van der Waals surface area contributed by atoms with E-state index in [0.29, 0.717) is 0 Å². The second kappa shape index (κ2) is 4.76. The van der Waals surface area contributed by atoms with Crippen molar-refractivity contribution in [2.45, 2.75) is 13.0 Å². The van der Waals surface area contributed by atoms with Crippen molar-refractivity contribution >= 4 is 16.6 Å². The van der Waals surface area contributed by atoms with Gasteiger partial charge in [0.2, 0.25) is 0 Å². The molecule has 0 spiro atoms. The zero-order chi connectivity index (χ0) is 13.2. The Morgan fingerprint density at radius 3 is 2.84 bits per heavy atom. The van der Waals surface area contributed by atoms with Gasteiger partial charge in [-0.3, -0.25) is 4.98 Å². The number of nitrogens with zero attached hydrogens (tertiary/aromatic N) is 2. The van der Waals surface area contributed by atoms with E-state index in [1.165, 1.54) is 10.9 Å². The average Bonchev–Trinajstić information content (AvgIpc) is 2.81. The largest absolute Gasteiger partial charge is 0.377 e. The lowest BCUT2D eigenvalue weighted by atomic mass is 10.2. The Kier molecular flexibility index (Phi) is 2.95. The van der Waals surface area contributed by atoms with E-state index in [2.05, 4.69) is 59.3 Å². The summed E-state index contributed by atoms with van der Waals surface area (Å²) in [5.74, 6) is 0. The number of benzene rings is 1. The van der Waals surface area contributed by atoms with Crippen molar-refractivity contribution < 1.29 is 0 Å². The van der Waals surface area contributed by atoms with Gasteiger partial charge in [0.25, 0.3) is 0 Å². The molecule has 1 N–H and O–H groups in total. The average molecular weight is 251 g/mol. The summed E-state index contributed by atoms with van der Waals surface area (Å²) in [7, 11) is 2.06. The van der Waals surface area contributed by atoms with Crippen LogP contribution in [0, 0.1) is 0 Å². The van der Waals surface area contributed by atoms with E-state index in [4.69, 9.17) is 0 Å². The standard InChI is InChI=1S/C16H17N3/c1-12(15-5-3-4-9-17-15)18-14-7-6-13-8-10-19(2)16(13)11-14/h3-12,18H,1-2H3/t12-/m0/s1. The Hall–Kier alpha value is -2.29. The number of rotatable bonds is 3. The van der Waals surface area contributed by atoms with Gasteiger partial charge >= 0.3 is 0 Å². The third-order valence-electron chi connectivity index (χ3n) is 3.40. The van der Waals surface area contributed by atoms with Crippen LogP contribution in [0.1, 0.15) is 18.7 Å². The van der Waals surface area contributed by atoms with Crippen LogP contribution in [-0.4, -0.2) is 9.55 Å². The molecular weight excluding hydrogens is 234 g/mol. The molecule has 0 saturated heterocycles. The molecule has 0 aliphatic rings. The van der Waals surface area contributed by atoms with Gasteiger partial charge in [-0.05, 0) is 42.6 Å². The van der Waals surface area contributed by atoms with Crippen LogP contribution in [0.2, 0.25) is 0 Å². The van der Waals surface area contributed by atoms with E-state index >= 15 is 0 Å². The molecule has 0 radical (unpaired) electrons. The molecule has 2 heterocycles. The summed E-state index contributed by atoms with van der Waals surface area (Å²) < 4.78 is 2.13. The van der Waals surface area contributed by atoms with Crippen LogP contribution in [0.4, 0.5) is 5.69 Å². The van der Waals surface area contributed by atoms with E-state index < -0.39 is 0 Å². The molecule has 3 heteroatoms. The number of fused-ring (bicyclic) bond motifs is 1. The first-order valence-electron chi connectivity index (χ1n) is 6.46. The van der Waals surface area contributed by atoms with Gasteiger partial charge in [-0.2, -0.15) is 0 Å². The Bertz CT molecular complexity index is 686. The Morgan fingerprint density at radius 1 is 1.16 bits per heavy atom. The van der Waals surface area contributed by atoms with Gasteiger partial charge in [0.1, 0.15) is 0 Å². The van der Waals surface area contributed by atoms with Gasteiger partial charge in [-0.25, -0.2) is 0 Å². The number of nitrogens with one attached hydrogen (secondary N) is 1. The minimum absolute atomic E-state index is 0.193. The fourth-order valence-corrected chi connectivity index (χ4v) is 2.31. The second-order valence-electron chi connectivity index (χ2n) is 4.82. The van der Waals surface area contributed by atoms with Gasteiger partial charge in [-0.15, -0.1) is 0 Å². The number of hydrogen-bond acceptors (Lipinski definition) is 2. The summed E-state index contributed by atoms with van der Waals surface area (Å²) >= 11 is 0. The number of anilines is 1. The minimum atomic E-state index is 0.193. The van der Waals surface area contributed by atoms with Crippen molar-refractivity contribution in [1.29, 1.82) is 0 Å². The predicted octanol–water partition coefficient (Wildman–Crippen LogP) is 3.75. The first-order valence-corrected chi connectivity index (χ1v) is 6.46. The summed E-state index contributed by atoms with van der Waals surface area (Å²) in [5.41, 5.74) is 3.40. The minimum Gasteiger partial charge on any atom is -0.377 e. The quantitative estimate of drug-likeness (QED) is 0.768. The molecule has 0 fully saturated rings. The number of hydrogen-bond donors (Lipinski definition) is 1. The maximum Gasteiger partial charge on any atom is 0.0657 e. The highest BCUT2D eigenvalue weighted by Gasteiger charge is 2.07. The predicted molar refractivity (Wildman–Crippen MR) is 79.2 cm³/mol. The van der Waals surface area contributed by atoms with Gasteiger partial charge < -0.3 is 9.88 Å². The Labute approximate surface area is 112 Å². The summed E-state index contributed by atoms with van der Waals surface area (Å²) in [6.07, 6.45) is 3.91. The van der Waals surface area contributed by atoms with E-state index in [0.717, 1.165) is 11.4 Å². The highest BCUT2D eigenvalue weighted by Crippen LogP contribution is 2.23. The second-order valence-corrected chi connectivity index (χ2v) is 4.82. The molecule has 1 aromatic carbocycles. The van der Waals surface area contributed by atoms with E-state index in [-0.39, 0.29) is 6.04 Å². The van der Waals surface area contributed by atoms with Crippen molar-refractivity contribution in [1.82, 2.24) is 9.55 Å². The van der Waals surface area contributed by atoms with Crippen molar-refractivity contribution in [2.24, 2.45) is 7.05 Å². The maximum absolute atomic E-state index is 4.38. The summed E-state index contributed by atoms with van der Waals surface area (Å²) in [6.45, 7) is 2.12. The van der Waals surface area contributed by atoms with Crippen LogP contribution in [0.3, 0.4) is 0 Å². The van der Waals surface area contributed by atoms with Gasteiger partial charge in [0.15, 0.2) is 0 Å². The lowest BCUT2D eigenvalue weighted by Gasteiger charge is -2.15.